The van der Waals surface area contributed by atoms with Crippen LogP contribution in [0, 0.1) is 0 Å². The Hall–Kier alpha value is -2.21. The van der Waals surface area contributed by atoms with E-state index in [-0.39, 0.29) is 6.17 Å². The highest BCUT2D eigenvalue weighted by atomic mass is 79.9. The summed E-state index contributed by atoms with van der Waals surface area (Å²) in [6, 6.07) is 27.6. The summed E-state index contributed by atoms with van der Waals surface area (Å²) >= 11 is 9.51. The number of rotatable bonds is 2. The number of hydrazine groups is 1. The molecule has 0 aromatic heterocycles. The summed E-state index contributed by atoms with van der Waals surface area (Å²) in [5, 5.41) is 5.49. The number of fused-ring (bicyclic) bond motifs is 2. The molecule has 134 valence electrons. The van der Waals surface area contributed by atoms with Gasteiger partial charge in [0.2, 0.25) is 0 Å². The molecule has 0 radical (unpaired) electrons. The maximum atomic E-state index is 5.95. The highest BCUT2D eigenvalue weighted by molar-refractivity contribution is 9.10. The van der Waals surface area contributed by atoms with Crippen LogP contribution in [0.5, 0.6) is 0 Å². The SMILES string of the molecule is S=C1N(c2ccccc2)C(c2ccc(Br)cc2)N2Cc3ccccc3CN12. The fourth-order valence-corrected chi connectivity index (χ4v) is 4.57. The van der Waals surface area contributed by atoms with Gasteiger partial charge in [-0.05, 0) is 53.2 Å². The van der Waals surface area contributed by atoms with Crippen LogP contribution in [0.4, 0.5) is 5.69 Å². The maximum absolute atomic E-state index is 5.95. The lowest BCUT2D eigenvalue weighted by molar-refractivity contribution is 0.00658. The van der Waals surface area contributed by atoms with Crippen LogP contribution in [0.1, 0.15) is 22.9 Å². The first-order valence-electron chi connectivity index (χ1n) is 8.97. The quantitative estimate of drug-likeness (QED) is 0.492. The lowest BCUT2D eigenvalue weighted by Crippen LogP contribution is -2.42. The summed E-state index contributed by atoms with van der Waals surface area (Å²) in [7, 11) is 0. The third-order valence-corrected chi connectivity index (χ3v) is 6.17. The van der Waals surface area contributed by atoms with Crippen molar-refractivity contribution in [3.05, 3.63) is 100 Å². The maximum Gasteiger partial charge on any atom is 0.192 e. The summed E-state index contributed by atoms with van der Waals surface area (Å²) in [5.41, 5.74) is 5.06. The molecule has 3 nitrogen and oxygen atoms in total. The summed E-state index contributed by atoms with van der Waals surface area (Å²) < 4.78 is 1.08. The van der Waals surface area contributed by atoms with Gasteiger partial charge in [0.25, 0.3) is 0 Å². The zero-order valence-corrected chi connectivity index (χ0v) is 17.0. The minimum atomic E-state index is 0.0429. The molecule has 1 atom stereocenters. The van der Waals surface area contributed by atoms with Crippen LogP contribution in [0.25, 0.3) is 0 Å². The van der Waals surface area contributed by atoms with Crippen molar-refractivity contribution in [3.8, 4) is 0 Å². The van der Waals surface area contributed by atoms with Crippen molar-refractivity contribution in [2.75, 3.05) is 4.90 Å². The second-order valence-corrected chi connectivity index (χ2v) is 8.12. The van der Waals surface area contributed by atoms with Crippen molar-refractivity contribution in [1.82, 2.24) is 10.0 Å². The summed E-state index contributed by atoms with van der Waals surface area (Å²) in [4.78, 5) is 2.27. The molecule has 0 amide bonds. The molecule has 3 aromatic carbocycles. The van der Waals surface area contributed by atoms with Gasteiger partial charge in [0.05, 0.1) is 6.54 Å². The Kier molecular flexibility index (Phi) is 4.23. The van der Waals surface area contributed by atoms with E-state index in [2.05, 4.69) is 104 Å². The van der Waals surface area contributed by atoms with Crippen molar-refractivity contribution in [2.24, 2.45) is 0 Å². The van der Waals surface area contributed by atoms with E-state index in [9.17, 15) is 0 Å². The van der Waals surface area contributed by atoms with Gasteiger partial charge in [-0.15, -0.1) is 0 Å². The monoisotopic (exact) mass is 435 g/mol. The van der Waals surface area contributed by atoms with Gasteiger partial charge in [-0.1, -0.05) is 70.5 Å². The average Bonchev–Trinajstić information content (AvgIpc) is 2.99. The van der Waals surface area contributed by atoms with Gasteiger partial charge < -0.3 is 0 Å². The highest BCUT2D eigenvalue weighted by Crippen LogP contribution is 2.42. The van der Waals surface area contributed by atoms with Crippen molar-refractivity contribution in [1.29, 1.82) is 0 Å². The first kappa shape index (κ1) is 16.9. The fourth-order valence-electron chi connectivity index (χ4n) is 3.93. The Balaban J connectivity index is 1.63. The number of hydrogen-bond acceptors (Lipinski definition) is 2. The number of nitrogens with zero attached hydrogens (tertiary/aromatic N) is 3. The predicted molar refractivity (Wildman–Crippen MR) is 116 cm³/mol. The van der Waals surface area contributed by atoms with Gasteiger partial charge >= 0.3 is 0 Å². The standard InChI is InChI=1S/C22H18BrN3S/c23-19-12-10-16(11-13-19)21-24-14-17-6-4-5-7-18(17)15-25(24)22(27)26(21)20-8-2-1-3-9-20/h1-13,21H,14-15H2. The molecule has 2 aliphatic heterocycles. The summed E-state index contributed by atoms with van der Waals surface area (Å²) in [6.07, 6.45) is 0.0429. The van der Waals surface area contributed by atoms with Crippen LogP contribution < -0.4 is 4.90 Å². The molecule has 3 aromatic rings. The Morgan fingerprint density at radius 1 is 0.778 bits per heavy atom. The van der Waals surface area contributed by atoms with Crippen LogP contribution >= 0.6 is 28.1 Å². The number of hydrogen-bond donors (Lipinski definition) is 0. The summed E-state index contributed by atoms with van der Waals surface area (Å²) in [6.45, 7) is 1.66. The van der Waals surface area contributed by atoms with E-state index < -0.39 is 0 Å². The Bertz CT molecular complexity index is 990. The minimum Gasteiger partial charge on any atom is -0.296 e. The zero-order valence-electron chi connectivity index (χ0n) is 14.6. The average molecular weight is 436 g/mol. The van der Waals surface area contributed by atoms with Gasteiger partial charge in [0.1, 0.15) is 6.17 Å². The van der Waals surface area contributed by atoms with E-state index in [0.29, 0.717) is 0 Å². The zero-order chi connectivity index (χ0) is 18.4. The normalized spacial score (nSPS) is 19.1. The molecular weight excluding hydrogens is 418 g/mol. The fraction of sp³-hybridized carbons (Fsp3) is 0.136. The van der Waals surface area contributed by atoms with Crippen LogP contribution in [-0.2, 0) is 13.1 Å². The van der Waals surface area contributed by atoms with E-state index in [1.807, 2.05) is 6.07 Å². The highest BCUT2D eigenvalue weighted by Gasteiger charge is 2.45. The molecule has 5 rings (SSSR count). The van der Waals surface area contributed by atoms with E-state index in [0.717, 1.165) is 28.4 Å². The molecule has 2 aliphatic rings. The molecule has 1 unspecified atom stereocenters. The van der Waals surface area contributed by atoms with Gasteiger partial charge in [-0.25, -0.2) is 0 Å². The molecule has 1 fully saturated rings. The molecule has 0 bridgehead atoms. The number of anilines is 1. The van der Waals surface area contributed by atoms with Gasteiger partial charge in [0.15, 0.2) is 5.11 Å². The van der Waals surface area contributed by atoms with Crippen molar-refractivity contribution >= 4 is 38.9 Å². The number of para-hydroxylation sites is 1. The molecule has 0 saturated carbocycles. The largest absolute Gasteiger partial charge is 0.296 e. The number of benzene rings is 3. The van der Waals surface area contributed by atoms with Crippen LogP contribution in [0.2, 0.25) is 0 Å². The Morgan fingerprint density at radius 2 is 1.41 bits per heavy atom. The van der Waals surface area contributed by atoms with E-state index in [1.54, 1.807) is 0 Å². The first-order chi connectivity index (χ1) is 13.2. The molecule has 2 heterocycles. The van der Waals surface area contributed by atoms with Crippen molar-refractivity contribution in [2.45, 2.75) is 19.3 Å². The van der Waals surface area contributed by atoms with Gasteiger partial charge in [0, 0.05) is 16.7 Å². The molecule has 5 heteroatoms. The second-order valence-electron chi connectivity index (χ2n) is 6.84. The third kappa shape index (κ3) is 2.87. The van der Waals surface area contributed by atoms with Crippen molar-refractivity contribution < 1.29 is 0 Å². The Labute approximate surface area is 172 Å². The van der Waals surface area contributed by atoms with Gasteiger partial charge in [-0.3, -0.25) is 9.91 Å². The molecule has 0 spiro atoms. The lowest BCUT2D eigenvalue weighted by Gasteiger charge is -2.36. The van der Waals surface area contributed by atoms with Crippen molar-refractivity contribution in [3.63, 3.8) is 0 Å². The van der Waals surface area contributed by atoms with E-state index >= 15 is 0 Å². The summed E-state index contributed by atoms with van der Waals surface area (Å²) in [5.74, 6) is 0. The van der Waals surface area contributed by atoms with Crippen LogP contribution in [0.3, 0.4) is 0 Å². The first-order valence-corrected chi connectivity index (χ1v) is 10.2. The van der Waals surface area contributed by atoms with Crippen LogP contribution in [0.15, 0.2) is 83.3 Å². The molecular formula is C22H18BrN3S. The lowest BCUT2D eigenvalue weighted by atomic mass is 10.0. The van der Waals surface area contributed by atoms with Crippen LogP contribution in [-0.4, -0.2) is 15.1 Å². The molecule has 27 heavy (non-hydrogen) atoms. The van der Waals surface area contributed by atoms with Gasteiger partial charge in [-0.2, -0.15) is 5.01 Å². The smallest absolute Gasteiger partial charge is 0.192 e. The number of thiocarbonyl (C=S) groups is 1. The molecule has 1 saturated heterocycles. The predicted octanol–water partition coefficient (Wildman–Crippen LogP) is 5.49. The molecule has 0 aliphatic carbocycles. The number of halogens is 1. The second kappa shape index (κ2) is 6.75. The Morgan fingerprint density at radius 3 is 2.11 bits per heavy atom. The van der Waals surface area contributed by atoms with E-state index in [4.69, 9.17) is 12.2 Å². The third-order valence-electron chi connectivity index (χ3n) is 5.24. The minimum absolute atomic E-state index is 0.0429. The topological polar surface area (TPSA) is 9.72 Å². The molecule has 0 N–H and O–H groups in total. The van der Waals surface area contributed by atoms with E-state index in [1.165, 1.54) is 16.7 Å².